The molecule has 0 radical (unpaired) electrons. The Bertz CT molecular complexity index is 1150. The molecule has 2 aliphatic rings. The first-order chi connectivity index (χ1) is 13.0. The van der Waals surface area contributed by atoms with E-state index in [-0.39, 0.29) is 40.0 Å². The van der Waals surface area contributed by atoms with Crippen molar-refractivity contribution in [3.05, 3.63) is 40.1 Å². The van der Waals surface area contributed by atoms with E-state index in [2.05, 4.69) is 0 Å². The SMILES string of the molecule is COc1cccc2c(=O)c3c(O)cc4c(c3oc12)[C@@H]1OC[C@](O)(CO)[C@@H]1O4. The highest BCUT2D eigenvalue weighted by molar-refractivity contribution is 5.97. The summed E-state index contributed by atoms with van der Waals surface area (Å²) in [5.74, 6) is 0.312. The van der Waals surface area contributed by atoms with E-state index < -0.39 is 29.8 Å². The average molecular weight is 372 g/mol. The van der Waals surface area contributed by atoms with Crippen molar-refractivity contribution in [2.45, 2.75) is 17.8 Å². The molecule has 0 amide bonds. The monoisotopic (exact) mass is 372 g/mol. The van der Waals surface area contributed by atoms with E-state index in [1.54, 1.807) is 18.2 Å². The summed E-state index contributed by atoms with van der Waals surface area (Å²) in [7, 11) is 1.46. The summed E-state index contributed by atoms with van der Waals surface area (Å²) in [4.78, 5) is 13.0. The molecule has 8 heteroatoms. The quantitative estimate of drug-likeness (QED) is 0.575. The largest absolute Gasteiger partial charge is 0.507 e. The van der Waals surface area contributed by atoms with Gasteiger partial charge in [0.05, 0.1) is 31.3 Å². The van der Waals surface area contributed by atoms with E-state index in [9.17, 15) is 20.1 Å². The Morgan fingerprint density at radius 2 is 2.15 bits per heavy atom. The molecule has 0 bridgehead atoms. The number of aromatic hydroxyl groups is 1. The molecule has 3 N–H and O–H groups in total. The van der Waals surface area contributed by atoms with Gasteiger partial charge >= 0.3 is 0 Å². The Hall–Kier alpha value is -2.81. The van der Waals surface area contributed by atoms with Crippen molar-refractivity contribution in [1.29, 1.82) is 0 Å². The van der Waals surface area contributed by atoms with Crippen LogP contribution in [0.1, 0.15) is 11.7 Å². The summed E-state index contributed by atoms with van der Waals surface area (Å²) in [6, 6.07) is 6.22. The maximum absolute atomic E-state index is 13.0. The Morgan fingerprint density at radius 1 is 1.33 bits per heavy atom. The van der Waals surface area contributed by atoms with Crippen LogP contribution in [0.3, 0.4) is 0 Å². The number of methoxy groups -OCH3 is 1. The lowest BCUT2D eigenvalue weighted by Gasteiger charge is -2.24. The van der Waals surface area contributed by atoms with Crippen LogP contribution in [0.25, 0.3) is 21.9 Å². The van der Waals surface area contributed by atoms with Gasteiger partial charge in [-0.25, -0.2) is 0 Å². The number of aliphatic hydroxyl groups excluding tert-OH is 1. The van der Waals surface area contributed by atoms with Crippen LogP contribution in [0.15, 0.2) is 33.5 Å². The number of fused-ring (bicyclic) bond motifs is 6. The van der Waals surface area contributed by atoms with Gasteiger partial charge in [0.25, 0.3) is 0 Å². The van der Waals surface area contributed by atoms with Crippen molar-refractivity contribution < 1.29 is 33.9 Å². The molecule has 1 aromatic heterocycles. The van der Waals surface area contributed by atoms with Crippen LogP contribution in [-0.4, -0.2) is 47.3 Å². The predicted octanol–water partition coefficient (Wildman–Crippen LogP) is 1.22. The number of hydrogen-bond donors (Lipinski definition) is 3. The second-order valence-corrected chi connectivity index (χ2v) is 6.81. The van der Waals surface area contributed by atoms with Crippen LogP contribution in [0.5, 0.6) is 17.2 Å². The van der Waals surface area contributed by atoms with Gasteiger partial charge < -0.3 is 33.9 Å². The maximum Gasteiger partial charge on any atom is 0.204 e. The summed E-state index contributed by atoms with van der Waals surface area (Å²) in [5.41, 5.74) is -1.22. The molecular formula is C19H16O8. The van der Waals surface area contributed by atoms with Gasteiger partial charge in [0, 0.05) is 6.07 Å². The summed E-state index contributed by atoms with van der Waals surface area (Å²) < 4.78 is 22.7. The number of benzene rings is 2. The Balaban J connectivity index is 1.87. The fraction of sp³-hybridized carbons (Fsp3) is 0.316. The predicted molar refractivity (Wildman–Crippen MR) is 93.4 cm³/mol. The highest BCUT2D eigenvalue weighted by atomic mass is 16.6. The van der Waals surface area contributed by atoms with Gasteiger partial charge in [-0.15, -0.1) is 0 Å². The molecule has 2 aromatic carbocycles. The van der Waals surface area contributed by atoms with Crippen molar-refractivity contribution in [2.24, 2.45) is 0 Å². The smallest absolute Gasteiger partial charge is 0.204 e. The third kappa shape index (κ3) is 2.00. The second kappa shape index (κ2) is 5.35. The highest BCUT2D eigenvalue weighted by Crippen LogP contribution is 2.52. The molecule has 27 heavy (non-hydrogen) atoms. The standard InChI is InChI=1S/C19H16O8/c1-24-10-4-2-3-8-14(22)12-9(21)5-11-13(16(12)27-15(8)10)17-18(26-11)19(23,6-20)7-25-17/h2-5,17-18,20-21,23H,6-7H2,1H3/t17-,18+,19+/m0/s1. The van der Waals surface area contributed by atoms with E-state index in [0.29, 0.717) is 11.3 Å². The van der Waals surface area contributed by atoms with Crippen molar-refractivity contribution in [1.82, 2.24) is 0 Å². The van der Waals surface area contributed by atoms with Crippen LogP contribution in [0.2, 0.25) is 0 Å². The van der Waals surface area contributed by atoms with Crippen LogP contribution >= 0.6 is 0 Å². The van der Waals surface area contributed by atoms with E-state index in [0.717, 1.165) is 0 Å². The molecule has 5 rings (SSSR count). The van der Waals surface area contributed by atoms with Gasteiger partial charge in [-0.2, -0.15) is 0 Å². The van der Waals surface area contributed by atoms with Crippen molar-refractivity contribution in [3.8, 4) is 17.2 Å². The van der Waals surface area contributed by atoms with E-state index >= 15 is 0 Å². The summed E-state index contributed by atoms with van der Waals surface area (Å²) in [6.45, 7) is -0.672. The van der Waals surface area contributed by atoms with E-state index in [1.165, 1.54) is 13.2 Å². The number of ether oxygens (including phenoxy) is 3. The molecule has 0 aliphatic carbocycles. The van der Waals surface area contributed by atoms with Gasteiger partial charge in [0.1, 0.15) is 23.0 Å². The second-order valence-electron chi connectivity index (χ2n) is 6.81. The van der Waals surface area contributed by atoms with E-state index in [4.69, 9.17) is 18.6 Å². The van der Waals surface area contributed by atoms with Crippen molar-refractivity contribution in [2.75, 3.05) is 20.3 Å². The molecule has 0 spiro atoms. The number of aliphatic hydroxyl groups is 2. The lowest BCUT2D eigenvalue weighted by molar-refractivity contribution is -0.0674. The minimum atomic E-state index is -1.58. The summed E-state index contributed by atoms with van der Waals surface area (Å²) in [6.07, 6.45) is -1.61. The third-order valence-electron chi connectivity index (χ3n) is 5.27. The third-order valence-corrected chi connectivity index (χ3v) is 5.27. The minimum absolute atomic E-state index is 0.00166. The van der Waals surface area contributed by atoms with E-state index in [1.807, 2.05) is 0 Å². The lowest BCUT2D eigenvalue weighted by atomic mass is 9.94. The van der Waals surface area contributed by atoms with Crippen molar-refractivity contribution >= 4 is 21.9 Å². The summed E-state index contributed by atoms with van der Waals surface area (Å²) >= 11 is 0. The first-order valence-corrected chi connectivity index (χ1v) is 8.39. The number of para-hydroxylation sites is 1. The highest BCUT2D eigenvalue weighted by Gasteiger charge is 2.56. The van der Waals surface area contributed by atoms with Gasteiger partial charge in [-0.05, 0) is 12.1 Å². The fourth-order valence-electron chi connectivity index (χ4n) is 3.89. The van der Waals surface area contributed by atoms with Crippen LogP contribution in [0.4, 0.5) is 0 Å². The molecular weight excluding hydrogens is 356 g/mol. The molecule has 8 nitrogen and oxygen atoms in total. The van der Waals surface area contributed by atoms with Crippen molar-refractivity contribution in [3.63, 3.8) is 0 Å². The molecule has 3 aromatic rings. The zero-order valence-electron chi connectivity index (χ0n) is 14.3. The topological polar surface area (TPSA) is 119 Å². The first-order valence-electron chi connectivity index (χ1n) is 8.39. The van der Waals surface area contributed by atoms with Crippen LogP contribution < -0.4 is 14.9 Å². The Morgan fingerprint density at radius 3 is 2.89 bits per heavy atom. The van der Waals surface area contributed by atoms with Crippen LogP contribution in [0, 0.1) is 0 Å². The minimum Gasteiger partial charge on any atom is -0.507 e. The maximum atomic E-state index is 13.0. The fourth-order valence-corrected chi connectivity index (χ4v) is 3.89. The van der Waals surface area contributed by atoms with Gasteiger partial charge in [-0.3, -0.25) is 4.79 Å². The number of phenols is 1. The molecule has 0 saturated carbocycles. The average Bonchev–Trinajstić information content (AvgIpc) is 3.19. The van der Waals surface area contributed by atoms with Crippen LogP contribution in [-0.2, 0) is 4.74 Å². The molecule has 2 aliphatic heterocycles. The van der Waals surface area contributed by atoms with Gasteiger partial charge in [0.15, 0.2) is 28.6 Å². The molecule has 0 unspecified atom stereocenters. The number of phenolic OH excluding ortho intramolecular Hbond substituents is 1. The molecule has 140 valence electrons. The van der Waals surface area contributed by atoms with Gasteiger partial charge in [-0.1, -0.05) is 6.07 Å². The number of rotatable bonds is 2. The zero-order valence-corrected chi connectivity index (χ0v) is 14.3. The lowest BCUT2D eigenvalue weighted by Crippen LogP contribution is -2.46. The molecule has 1 saturated heterocycles. The Kier molecular flexibility index (Phi) is 3.24. The normalized spacial score (nSPS) is 26.2. The Labute approximate surface area is 152 Å². The zero-order chi connectivity index (χ0) is 18.9. The summed E-state index contributed by atoms with van der Waals surface area (Å²) in [5, 5.41) is 30.7. The first kappa shape index (κ1) is 16.4. The molecule has 3 heterocycles. The number of hydrogen-bond acceptors (Lipinski definition) is 8. The van der Waals surface area contributed by atoms with Gasteiger partial charge in [0.2, 0.25) is 5.43 Å². The molecule has 1 fully saturated rings. The molecule has 3 atom stereocenters.